The molecular formula is C16H30N2OS. The second-order valence-electron chi connectivity index (χ2n) is 6.62. The fourth-order valence-corrected chi connectivity index (χ4v) is 4.56. The van der Waals surface area contributed by atoms with E-state index in [2.05, 4.69) is 23.9 Å². The maximum atomic E-state index is 12.6. The highest BCUT2D eigenvalue weighted by atomic mass is 32.2. The molecule has 2 fully saturated rings. The average Bonchev–Trinajstić information content (AvgIpc) is 2.82. The highest BCUT2D eigenvalue weighted by molar-refractivity contribution is 7.99. The fourth-order valence-electron chi connectivity index (χ4n) is 3.50. The summed E-state index contributed by atoms with van der Waals surface area (Å²) in [5.41, 5.74) is 0. The van der Waals surface area contributed by atoms with Gasteiger partial charge in [0.2, 0.25) is 5.91 Å². The van der Waals surface area contributed by atoms with E-state index in [9.17, 15) is 4.79 Å². The van der Waals surface area contributed by atoms with Gasteiger partial charge in [0.1, 0.15) is 0 Å². The fraction of sp³-hybridized carbons (Fsp3) is 0.938. The third-order valence-corrected chi connectivity index (χ3v) is 5.77. The number of thioether (sulfide) groups is 1. The standard InChI is InChI=1S/C16H30N2OS/c1-17(2)12-15-13-20-11-5-10-18(15)16(19)9-8-14-6-3-4-7-14/h14-15H,3-13H2,1-2H3. The molecule has 1 amide bonds. The molecule has 0 radical (unpaired) electrons. The Hall–Kier alpha value is -0.220. The van der Waals surface area contributed by atoms with Gasteiger partial charge in [-0.1, -0.05) is 25.7 Å². The zero-order chi connectivity index (χ0) is 14.4. The number of hydrogen-bond acceptors (Lipinski definition) is 3. The molecule has 1 saturated carbocycles. The number of carbonyl (C=O) groups excluding carboxylic acids is 1. The third kappa shape index (κ3) is 4.96. The van der Waals surface area contributed by atoms with Crippen molar-refractivity contribution in [2.24, 2.45) is 5.92 Å². The largest absolute Gasteiger partial charge is 0.338 e. The molecule has 2 aliphatic rings. The minimum Gasteiger partial charge on any atom is -0.338 e. The topological polar surface area (TPSA) is 23.6 Å². The van der Waals surface area contributed by atoms with Crippen LogP contribution in [0.5, 0.6) is 0 Å². The number of rotatable bonds is 5. The number of hydrogen-bond donors (Lipinski definition) is 0. The van der Waals surface area contributed by atoms with Crippen molar-refractivity contribution in [2.75, 3.05) is 38.7 Å². The van der Waals surface area contributed by atoms with Crippen molar-refractivity contribution < 1.29 is 4.79 Å². The number of carbonyl (C=O) groups is 1. The van der Waals surface area contributed by atoms with Gasteiger partial charge >= 0.3 is 0 Å². The van der Waals surface area contributed by atoms with Crippen molar-refractivity contribution in [3.8, 4) is 0 Å². The molecule has 0 bridgehead atoms. The molecule has 2 rings (SSSR count). The van der Waals surface area contributed by atoms with E-state index in [0.717, 1.165) is 44.0 Å². The number of amides is 1. The molecule has 1 aliphatic heterocycles. The molecule has 0 aromatic carbocycles. The van der Waals surface area contributed by atoms with Gasteiger partial charge in [-0.25, -0.2) is 0 Å². The normalized spacial score (nSPS) is 25.1. The number of likely N-dealkylation sites (N-methyl/N-ethyl adjacent to an activating group) is 1. The lowest BCUT2D eigenvalue weighted by atomic mass is 10.0. The Morgan fingerprint density at radius 3 is 2.70 bits per heavy atom. The molecule has 1 saturated heterocycles. The Morgan fingerprint density at radius 1 is 1.25 bits per heavy atom. The van der Waals surface area contributed by atoms with Crippen LogP contribution in [-0.4, -0.2) is 60.4 Å². The summed E-state index contributed by atoms with van der Waals surface area (Å²) in [6.07, 6.45) is 8.51. The van der Waals surface area contributed by atoms with Gasteiger partial charge in [-0.3, -0.25) is 4.79 Å². The Labute approximate surface area is 128 Å². The predicted octanol–water partition coefficient (Wildman–Crippen LogP) is 2.85. The molecule has 1 aliphatic carbocycles. The molecule has 0 N–H and O–H groups in total. The summed E-state index contributed by atoms with van der Waals surface area (Å²) in [6, 6.07) is 0.411. The Bertz CT molecular complexity index is 303. The van der Waals surface area contributed by atoms with Crippen molar-refractivity contribution in [3.63, 3.8) is 0 Å². The summed E-state index contributed by atoms with van der Waals surface area (Å²) in [5, 5.41) is 0. The first-order chi connectivity index (χ1) is 9.66. The monoisotopic (exact) mass is 298 g/mol. The SMILES string of the molecule is CN(C)CC1CSCCCN1C(=O)CCC1CCCC1. The van der Waals surface area contributed by atoms with Crippen LogP contribution in [0.1, 0.15) is 44.9 Å². The summed E-state index contributed by atoms with van der Waals surface area (Å²) >= 11 is 2.01. The molecular weight excluding hydrogens is 268 g/mol. The quantitative estimate of drug-likeness (QED) is 0.780. The lowest BCUT2D eigenvalue weighted by Crippen LogP contribution is -2.46. The lowest BCUT2D eigenvalue weighted by molar-refractivity contribution is -0.133. The maximum absolute atomic E-state index is 12.6. The van der Waals surface area contributed by atoms with Crippen LogP contribution in [0.4, 0.5) is 0 Å². The first kappa shape index (κ1) is 16.2. The van der Waals surface area contributed by atoms with E-state index in [1.807, 2.05) is 11.8 Å². The first-order valence-corrected chi connectivity index (χ1v) is 9.34. The average molecular weight is 298 g/mol. The summed E-state index contributed by atoms with van der Waals surface area (Å²) in [4.78, 5) is 17.0. The van der Waals surface area contributed by atoms with Gasteiger partial charge < -0.3 is 9.80 Å². The molecule has 0 aromatic rings. The van der Waals surface area contributed by atoms with Crippen LogP contribution in [0.2, 0.25) is 0 Å². The second kappa shape index (κ2) is 8.28. The molecule has 1 atom stereocenters. The van der Waals surface area contributed by atoms with Gasteiger partial charge in [0.25, 0.3) is 0 Å². The minimum atomic E-state index is 0.409. The van der Waals surface area contributed by atoms with E-state index in [-0.39, 0.29) is 0 Å². The Balaban J connectivity index is 1.85. The van der Waals surface area contributed by atoms with Crippen molar-refractivity contribution in [2.45, 2.75) is 51.0 Å². The van der Waals surface area contributed by atoms with Crippen molar-refractivity contribution >= 4 is 17.7 Å². The smallest absolute Gasteiger partial charge is 0.222 e. The van der Waals surface area contributed by atoms with Gasteiger partial charge in [0.15, 0.2) is 0 Å². The van der Waals surface area contributed by atoms with Crippen LogP contribution >= 0.6 is 11.8 Å². The van der Waals surface area contributed by atoms with E-state index in [1.165, 1.54) is 31.4 Å². The van der Waals surface area contributed by atoms with E-state index in [4.69, 9.17) is 0 Å². The van der Waals surface area contributed by atoms with Crippen LogP contribution < -0.4 is 0 Å². The zero-order valence-electron chi connectivity index (χ0n) is 13.1. The molecule has 20 heavy (non-hydrogen) atoms. The maximum Gasteiger partial charge on any atom is 0.222 e. The summed E-state index contributed by atoms with van der Waals surface area (Å²) < 4.78 is 0. The van der Waals surface area contributed by atoms with Crippen LogP contribution in [0.15, 0.2) is 0 Å². The van der Waals surface area contributed by atoms with E-state index >= 15 is 0 Å². The summed E-state index contributed by atoms with van der Waals surface area (Å²) in [6.45, 7) is 1.97. The van der Waals surface area contributed by atoms with Crippen LogP contribution in [0, 0.1) is 5.92 Å². The van der Waals surface area contributed by atoms with Crippen molar-refractivity contribution in [1.82, 2.24) is 9.80 Å². The zero-order valence-corrected chi connectivity index (χ0v) is 14.0. The van der Waals surface area contributed by atoms with Gasteiger partial charge in [0.05, 0.1) is 6.04 Å². The van der Waals surface area contributed by atoms with Crippen molar-refractivity contribution in [3.05, 3.63) is 0 Å². The van der Waals surface area contributed by atoms with Crippen LogP contribution in [0.3, 0.4) is 0 Å². The summed E-state index contributed by atoms with van der Waals surface area (Å²) in [7, 11) is 4.22. The Kier molecular flexibility index (Phi) is 6.69. The molecule has 0 aromatic heterocycles. The van der Waals surface area contributed by atoms with Gasteiger partial charge in [-0.05, 0) is 38.6 Å². The molecule has 1 heterocycles. The van der Waals surface area contributed by atoms with Gasteiger partial charge in [-0.2, -0.15) is 11.8 Å². The van der Waals surface area contributed by atoms with Crippen molar-refractivity contribution in [1.29, 1.82) is 0 Å². The molecule has 0 spiro atoms. The minimum absolute atomic E-state index is 0.409. The first-order valence-electron chi connectivity index (χ1n) is 8.18. The predicted molar refractivity (Wildman–Crippen MR) is 87.2 cm³/mol. The summed E-state index contributed by atoms with van der Waals surface area (Å²) in [5.74, 6) is 3.54. The van der Waals surface area contributed by atoms with Gasteiger partial charge in [-0.15, -0.1) is 0 Å². The second-order valence-corrected chi connectivity index (χ2v) is 7.77. The molecule has 4 heteroatoms. The van der Waals surface area contributed by atoms with E-state index in [0.29, 0.717) is 11.9 Å². The molecule has 116 valence electrons. The highest BCUT2D eigenvalue weighted by Crippen LogP contribution is 2.29. The Morgan fingerprint density at radius 2 is 2.00 bits per heavy atom. The lowest BCUT2D eigenvalue weighted by Gasteiger charge is -2.32. The molecule has 3 nitrogen and oxygen atoms in total. The van der Waals surface area contributed by atoms with E-state index in [1.54, 1.807) is 0 Å². The van der Waals surface area contributed by atoms with Crippen LogP contribution in [0.25, 0.3) is 0 Å². The number of nitrogens with zero attached hydrogens (tertiary/aromatic N) is 2. The van der Waals surface area contributed by atoms with Crippen LogP contribution in [-0.2, 0) is 4.79 Å². The van der Waals surface area contributed by atoms with E-state index < -0.39 is 0 Å². The van der Waals surface area contributed by atoms with Gasteiger partial charge in [0, 0.05) is 25.3 Å². The highest BCUT2D eigenvalue weighted by Gasteiger charge is 2.26. The third-order valence-electron chi connectivity index (χ3n) is 4.58. The molecule has 1 unspecified atom stereocenters.